The Labute approximate surface area is 178 Å². The Kier molecular flexibility index (Phi) is 6.65. The lowest BCUT2D eigenvalue weighted by Gasteiger charge is -2.34. The minimum atomic E-state index is -0.524. The highest BCUT2D eigenvalue weighted by Crippen LogP contribution is 2.32. The van der Waals surface area contributed by atoms with E-state index in [2.05, 4.69) is 0 Å². The molecule has 2 amide bonds. The number of hydrogen-bond acceptors (Lipinski definition) is 4. The molecular formula is C24H30N2O4. The van der Waals surface area contributed by atoms with Crippen LogP contribution in [0.3, 0.4) is 0 Å². The summed E-state index contributed by atoms with van der Waals surface area (Å²) < 4.78 is 11.5. The van der Waals surface area contributed by atoms with Gasteiger partial charge in [-0.3, -0.25) is 4.79 Å². The summed E-state index contributed by atoms with van der Waals surface area (Å²) in [5.74, 6) is 0.0918. The van der Waals surface area contributed by atoms with E-state index in [1.54, 1.807) is 11.0 Å². The van der Waals surface area contributed by atoms with Crippen molar-refractivity contribution in [2.45, 2.75) is 51.7 Å². The number of carbonyl (C=O) groups is 2. The van der Waals surface area contributed by atoms with E-state index in [1.165, 1.54) is 0 Å². The zero-order valence-electron chi connectivity index (χ0n) is 17.9. The minimum absolute atomic E-state index is 0.146. The molecule has 6 heteroatoms. The van der Waals surface area contributed by atoms with Crippen LogP contribution in [0, 0.1) is 0 Å². The van der Waals surface area contributed by atoms with E-state index < -0.39 is 11.5 Å². The molecule has 1 fully saturated rings. The SMILES string of the molecule is CC(C)(C)OC(=O)N1CCCC(c2ccc(C(N)=O)c(OCc3ccccc3)c2)C1. The van der Waals surface area contributed by atoms with Crippen LogP contribution < -0.4 is 10.5 Å². The van der Waals surface area contributed by atoms with Crippen LogP contribution in [-0.2, 0) is 11.3 Å². The second-order valence-corrected chi connectivity index (χ2v) is 8.66. The van der Waals surface area contributed by atoms with Gasteiger partial charge >= 0.3 is 6.09 Å². The quantitative estimate of drug-likeness (QED) is 0.788. The van der Waals surface area contributed by atoms with E-state index in [0.29, 0.717) is 31.0 Å². The van der Waals surface area contributed by atoms with E-state index >= 15 is 0 Å². The number of piperidine rings is 1. The Bertz CT molecular complexity index is 890. The summed E-state index contributed by atoms with van der Waals surface area (Å²) in [5.41, 5.74) is 7.41. The molecule has 0 aliphatic carbocycles. The molecule has 30 heavy (non-hydrogen) atoms. The van der Waals surface area contributed by atoms with E-state index in [9.17, 15) is 9.59 Å². The van der Waals surface area contributed by atoms with Crippen molar-refractivity contribution in [1.82, 2.24) is 4.90 Å². The summed E-state index contributed by atoms with van der Waals surface area (Å²) in [6, 6.07) is 15.3. The fourth-order valence-electron chi connectivity index (χ4n) is 3.59. The zero-order chi connectivity index (χ0) is 21.7. The van der Waals surface area contributed by atoms with E-state index in [-0.39, 0.29) is 12.0 Å². The molecule has 1 atom stereocenters. The van der Waals surface area contributed by atoms with Gasteiger partial charge in [0.05, 0.1) is 5.56 Å². The lowest BCUT2D eigenvalue weighted by Crippen LogP contribution is -2.42. The molecule has 1 unspecified atom stereocenters. The Morgan fingerprint density at radius 2 is 1.87 bits per heavy atom. The fraction of sp³-hybridized carbons (Fsp3) is 0.417. The van der Waals surface area contributed by atoms with Gasteiger partial charge in [-0.15, -0.1) is 0 Å². The fourth-order valence-corrected chi connectivity index (χ4v) is 3.59. The van der Waals surface area contributed by atoms with Crippen molar-refractivity contribution >= 4 is 12.0 Å². The van der Waals surface area contributed by atoms with Crippen molar-refractivity contribution in [3.05, 3.63) is 65.2 Å². The standard InChI is InChI=1S/C24H30N2O4/c1-24(2,3)30-23(28)26-13-7-10-19(15-26)18-11-12-20(22(25)27)21(14-18)29-16-17-8-5-4-6-9-17/h4-6,8-9,11-12,14,19H,7,10,13,15-16H2,1-3H3,(H2,25,27). The highest BCUT2D eigenvalue weighted by atomic mass is 16.6. The number of amides is 2. The molecule has 3 rings (SSSR count). The van der Waals surface area contributed by atoms with Gasteiger partial charge in [-0.25, -0.2) is 4.79 Å². The van der Waals surface area contributed by atoms with Gasteiger partial charge < -0.3 is 20.1 Å². The third-order valence-corrected chi connectivity index (χ3v) is 5.05. The summed E-state index contributed by atoms with van der Waals surface area (Å²) >= 11 is 0. The molecule has 1 aliphatic rings. The topological polar surface area (TPSA) is 81.9 Å². The van der Waals surface area contributed by atoms with Crippen LogP contribution in [0.25, 0.3) is 0 Å². The van der Waals surface area contributed by atoms with Crippen LogP contribution in [0.2, 0.25) is 0 Å². The zero-order valence-corrected chi connectivity index (χ0v) is 17.9. The lowest BCUT2D eigenvalue weighted by molar-refractivity contribution is 0.0198. The molecule has 0 saturated carbocycles. The third kappa shape index (κ3) is 5.75. The number of carbonyl (C=O) groups excluding carboxylic acids is 2. The molecule has 0 aromatic heterocycles. The molecule has 1 saturated heterocycles. The Morgan fingerprint density at radius 3 is 2.53 bits per heavy atom. The van der Waals surface area contributed by atoms with Crippen LogP contribution in [0.5, 0.6) is 5.75 Å². The molecule has 0 spiro atoms. The van der Waals surface area contributed by atoms with E-state index in [4.69, 9.17) is 15.2 Å². The molecule has 1 aliphatic heterocycles. The van der Waals surface area contributed by atoms with Gasteiger partial charge in [0.15, 0.2) is 0 Å². The number of rotatable bonds is 5. The molecule has 6 nitrogen and oxygen atoms in total. The lowest BCUT2D eigenvalue weighted by atomic mass is 9.90. The Hall–Kier alpha value is -3.02. The van der Waals surface area contributed by atoms with Crippen molar-refractivity contribution in [1.29, 1.82) is 0 Å². The maximum absolute atomic E-state index is 12.5. The van der Waals surface area contributed by atoms with Gasteiger partial charge in [-0.1, -0.05) is 36.4 Å². The average Bonchev–Trinajstić information content (AvgIpc) is 2.71. The molecule has 2 aromatic carbocycles. The first-order chi connectivity index (χ1) is 14.2. The number of nitrogens with zero attached hydrogens (tertiary/aromatic N) is 1. The summed E-state index contributed by atoms with van der Waals surface area (Å²) in [6.45, 7) is 7.20. The third-order valence-electron chi connectivity index (χ3n) is 5.05. The van der Waals surface area contributed by atoms with Gasteiger partial charge in [0.2, 0.25) is 0 Å². The average molecular weight is 411 g/mol. The predicted molar refractivity (Wildman–Crippen MR) is 116 cm³/mol. The van der Waals surface area contributed by atoms with Crippen LogP contribution in [0.15, 0.2) is 48.5 Å². The van der Waals surface area contributed by atoms with Gasteiger partial charge in [0, 0.05) is 19.0 Å². The van der Waals surface area contributed by atoms with Crippen molar-refractivity contribution in [2.24, 2.45) is 5.73 Å². The van der Waals surface area contributed by atoms with Crippen LogP contribution in [0.4, 0.5) is 4.79 Å². The van der Waals surface area contributed by atoms with Gasteiger partial charge in [-0.05, 0) is 56.9 Å². The Balaban J connectivity index is 1.76. The molecule has 2 N–H and O–H groups in total. The van der Waals surface area contributed by atoms with Crippen molar-refractivity contribution in [3.63, 3.8) is 0 Å². The monoisotopic (exact) mass is 410 g/mol. The van der Waals surface area contributed by atoms with Crippen molar-refractivity contribution in [3.8, 4) is 5.75 Å². The Morgan fingerprint density at radius 1 is 1.13 bits per heavy atom. The number of benzene rings is 2. The highest BCUT2D eigenvalue weighted by molar-refractivity contribution is 5.95. The molecule has 160 valence electrons. The van der Waals surface area contributed by atoms with Crippen molar-refractivity contribution in [2.75, 3.05) is 13.1 Å². The predicted octanol–water partition coefficient (Wildman–Crippen LogP) is 4.48. The number of likely N-dealkylation sites (tertiary alicyclic amines) is 1. The first-order valence-corrected chi connectivity index (χ1v) is 10.3. The largest absolute Gasteiger partial charge is 0.488 e. The maximum Gasteiger partial charge on any atom is 0.410 e. The van der Waals surface area contributed by atoms with Crippen LogP contribution >= 0.6 is 0 Å². The van der Waals surface area contributed by atoms with Crippen LogP contribution in [0.1, 0.15) is 61.0 Å². The second-order valence-electron chi connectivity index (χ2n) is 8.66. The summed E-state index contributed by atoms with van der Waals surface area (Å²) in [6.07, 6.45) is 1.55. The summed E-state index contributed by atoms with van der Waals surface area (Å²) in [7, 11) is 0. The van der Waals surface area contributed by atoms with Gasteiger partial charge in [0.25, 0.3) is 5.91 Å². The van der Waals surface area contributed by atoms with E-state index in [1.807, 2.05) is 63.2 Å². The summed E-state index contributed by atoms with van der Waals surface area (Å²) in [5, 5.41) is 0. The van der Waals surface area contributed by atoms with Crippen molar-refractivity contribution < 1.29 is 19.1 Å². The summed E-state index contributed by atoms with van der Waals surface area (Å²) in [4.78, 5) is 26.1. The van der Waals surface area contributed by atoms with Gasteiger partial charge in [-0.2, -0.15) is 0 Å². The van der Waals surface area contributed by atoms with Crippen LogP contribution in [-0.4, -0.2) is 35.6 Å². The first kappa shape index (κ1) is 21.7. The molecule has 2 aromatic rings. The molecule has 0 radical (unpaired) electrons. The smallest absolute Gasteiger partial charge is 0.410 e. The second kappa shape index (κ2) is 9.20. The van der Waals surface area contributed by atoms with Gasteiger partial charge in [0.1, 0.15) is 18.0 Å². The minimum Gasteiger partial charge on any atom is -0.488 e. The normalized spacial score (nSPS) is 16.8. The first-order valence-electron chi connectivity index (χ1n) is 10.3. The molecule has 0 bridgehead atoms. The molecule has 1 heterocycles. The number of ether oxygens (including phenoxy) is 2. The van der Waals surface area contributed by atoms with E-state index in [0.717, 1.165) is 24.0 Å². The molecular weight excluding hydrogens is 380 g/mol. The number of hydrogen-bond donors (Lipinski definition) is 1. The number of nitrogens with two attached hydrogens (primary N) is 1. The maximum atomic E-state index is 12.5. The highest BCUT2D eigenvalue weighted by Gasteiger charge is 2.29. The number of primary amides is 1.